The topological polar surface area (TPSA) is 0 Å². The molecule has 0 saturated heterocycles. The first-order valence-corrected chi connectivity index (χ1v) is 15.6. The van der Waals surface area contributed by atoms with Crippen molar-refractivity contribution >= 4 is 45.8 Å². The zero-order valence-electron chi connectivity index (χ0n) is 25.8. The van der Waals surface area contributed by atoms with Crippen molar-refractivity contribution in [1.82, 2.24) is 0 Å². The third-order valence-corrected chi connectivity index (χ3v) is 8.95. The third-order valence-electron chi connectivity index (χ3n) is 8.95. The summed E-state index contributed by atoms with van der Waals surface area (Å²) in [5.74, 6) is 0. The van der Waals surface area contributed by atoms with Gasteiger partial charge < -0.3 is 0 Å². The van der Waals surface area contributed by atoms with Gasteiger partial charge in [-0.05, 0) is 113 Å². The maximum Gasteiger partial charge on any atom is -0.00201 e. The van der Waals surface area contributed by atoms with Gasteiger partial charge in [0.2, 0.25) is 0 Å². The molecule has 0 heterocycles. The Labute approximate surface area is 271 Å². The normalized spacial score (nSPS) is 11.0. The van der Waals surface area contributed by atoms with E-state index in [0.717, 1.165) is 66.1 Å². The molecule has 0 atom stereocenters. The van der Waals surface area contributed by atoms with Crippen molar-refractivity contribution in [2.75, 3.05) is 0 Å². The molecule has 0 radical (unpaired) electrons. The summed E-state index contributed by atoms with van der Waals surface area (Å²) in [5.41, 5.74) is 13.4. The Hall–Kier alpha value is -5.98. The molecular formula is C46H34. The van der Waals surface area contributed by atoms with Crippen LogP contribution in [0.5, 0.6) is 0 Å². The van der Waals surface area contributed by atoms with Crippen LogP contribution in [0, 0.1) is 0 Å². The standard InChI is InChI=1S/C46H34/c1-5-37-38(6-2)44(30-33-23-15-16-24-41(33)37)46-40(8-4)39(7-3)45(42-25-17-18-26-43(42)46)36-28-34(31-19-11-9-12-20-31)27-35(29-36)32-21-13-10-14-22-32/h5-30H,1-4H2. The molecule has 0 aliphatic rings. The Morgan fingerprint density at radius 2 is 0.761 bits per heavy atom. The van der Waals surface area contributed by atoms with Gasteiger partial charge in [0.15, 0.2) is 0 Å². The molecule has 218 valence electrons. The first-order valence-electron chi connectivity index (χ1n) is 15.6. The van der Waals surface area contributed by atoms with E-state index in [2.05, 4.69) is 160 Å². The average molecular weight is 587 g/mol. The van der Waals surface area contributed by atoms with Crippen LogP contribution in [0.2, 0.25) is 0 Å². The summed E-state index contributed by atoms with van der Waals surface area (Å²) in [4.78, 5) is 0. The second kappa shape index (κ2) is 12.2. The van der Waals surface area contributed by atoms with E-state index in [4.69, 9.17) is 0 Å². The van der Waals surface area contributed by atoms with Crippen molar-refractivity contribution in [3.63, 3.8) is 0 Å². The number of benzene rings is 7. The Bertz CT molecular complexity index is 2240. The van der Waals surface area contributed by atoms with E-state index in [1.54, 1.807) is 0 Å². The highest BCUT2D eigenvalue weighted by Crippen LogP contribution is 2.47. The van der Waals surface area contributed by atoms with Gasteiger partial charge in [0.1, 0.15) is 0 Å². The first-order chi connectivity index (χ1) is 22.7. The van der Waals surface area contributed by atoms with Crippen LogP contribution in [0.4, 0.5) is 0 Å². The summed E-state index contributed by atoms with van der Waals surface area (Å²) in [6.45, 7) is 17.2. The smallest absolute Gasteiger partial charge is 0.00201 e. The van der Waals surface area contributed by atoms with Crippen molar-refractivity contribution < 1.29 is 0 Å². The van der Waals surface area contributed by atoms with Crippen LogP contribution < -0.4 is 0 Å². The van der Waals surface area contributed by atoms with Gasteiger partial charge in [-0.25, -0.2) is 0 Å². The minimum atomic E-state index is 1.04. The lowest BCUT2D eigenvalue weighted by Crippen LogP contribution is -1.99. The van der Waals surface area contributed by atoms with Crippen LogP contribution in [0.3, 0.4) is 0 Å². The molecule has 0 fully saturated rings. The summed E-state index contributed by atoms with van der Waals surface area (Å²) in [6, 6.07) is 47.6. The zero-order valence-corrected chi connectivity index (χ0v) is 25.8. The van der Waals surface area contributed by atoms with Gasteiger partial charge in [-0.2, -0.15) is 0 Å². The highest BCUT2D eigenvalue weighted by molar-refractivity contribution is 6.14. The van der Waals surface area contributed by atoms with Gasteiger partial charge in [-0.3, -0.25) is 0 Å². The fourth-order valence-corrected chi connectivity index (χ4v) is 6.91. The van der Waals surface area contributed by atoms with Crippen LogP contribution in [0.1, 0.15) is 22.3 Å². The highest BCUT2D eigenvalue weighted by atomic mass is 14.2. The minimum absolute atomic E-state index is 1.04. The molecule has 7 aromatic carbocycles. The summed E-state index contributed by atoms with van der Waals surface area (Å²) >= 11 is 0. The number of hydrogen-bond acceptors (Lipinski definition) is 0. The average Bonchev–Trinajstić information content (AvgIpc) is 3.13. The van der Waals surface area contributed by atoms with E-state index < -0.39 is 0 Å². The Kier molecular flexibility index (Phi) is 7.62. The second-order valence-electron chi connectivity index (χ2n) is 11.4. The van der Waals surface area contributed by atoms with Gasteiger partial charge in [0.25, 0.3) is 0 Å². The summed E-state index contributed by atoms with van der Waals surface area (Å²) in [5, 5.41) is 4.63. The lowest BCUT2D eigenvalue weighted by atomic mass is 9.80. The van der Waals surface area contributed by atoms with Crippen LogP contribution in [0.15, 0.2) is 160 Å². The monoisotopic (exact) mass is 586 g/mol. The molecule has 0 heteroatoms. The Morgan fingerprint density at radius 3 is 1.30 bits per heavy atom. The predicted molar refractivity (Wildman–Crippen MR) is 204 cm³/mol. The molecule has 0 aromatic heterocycles. The number of rotatable bonds is 8. The minimum Gasteiger partial charge on any atom is -0.0984 e. The zero-order chi connectivity index (χ0) is 31.6. The first kappa shape index (κ1) is 28.8. The van der Waals surface area contributed by atoms with Gasteiger partial charge in [-0.15, -0.1) is 0 Å². The maximum absolute atomic E-state index is 4.37. The van der Waals surface area contributed by atoms with Crippen molar-refractivity contribution in [2.24, 2.45) is 0 Å². The summed E-state index contributed by atoms with van der Waals surface area (Å²) in [6.07, 6.45) is 7.87. The van der Waals surface area contributed by atoms with E-state index in [-0.39, 0.29) is 0 Å². The fraction of sp³-hybridized carbons (Fsp3) is 0. The van der Waals surface area contributed by atoms with Crippen molar-refractivity contribution in [1.29, 1.82) is 0 Å². The van der Waals surface area contributed by atoms with E-state index >= 15 is 0 Å². The Balaban J connectivity index is 1.61. The quantitative estimate of drug-likeness (QED) is 0.166. The van der Waals surface area contributed by atoms with E-state index in [0.29, 0.717) is 0 Å². The lowest BCUT2D eigenvalue weighted by Gasteiger charge is -2.23. The third kappa shape index (κ3) is 4.82. The summed E-state index contributed by atoms with van der Waals surface area (Å²) < 4.78 is 0. The SMILES string of the molecule is C=Cc1c(-c2c(C=C)c(C=C)c(-c3cc(-c4ccccc4)cc(-c4ccccc4)c3)c3ccccc23)cc2ccccc2c1C=C. The summed E-state index contributed by atoms with van der Waals surface area (Å²) in [7, 11) is 0. The number of fused-ring (bicyclic) bond motifs is 2. The number of hydrogen-bond donors (Lipinski definition) is 0. The van der Waals surface area contributed by atoms with Crippen LogP contribution >= 0.6 is 0 Å². The molecule has 0 aliphatic carbocycles. The van der Waals surface area contributed by atoms with E-state index in [9.17, 15) is 0 Å². The van der Waals surface area contributed by atoms with Gasteiger partial charge in [0.05, 0.1) is 0 Å². The van der Waals surface area contributed by atoms with E-state index in [1.165, 1.54) is 22.3 Å². The molecule has 0 aliphatic heterocycles. The van der Waals surface area contributed by atoms with Gasteiger partial charge >= 0.3 is 0 Å². The molecule has 0 unspecified atom stereocenters. The van der Waals surface area contributed by atoms with Crippen molar-refractivity contribution in [3.8, 4) is 44.5 Å². The largest absolute Gasteiger partial charge is 0.0984 e. The molecule has 0 nitrogen and oxygen atoms in total. The molecule has 7 aromatic rings. The second-order valence-corrected chi connectivity index (χ2v) is 11.4. The lowest BCUT2D eigenvalue weighted by molar-refractivity contribution is 1.55. The fourth-order valence-electron chi connectivity index (χ4n) is 6.91. The van der Waals surface area contributed by atoms with Gasteiger partial charge in [0, 0.05) is 0 Å². The van der Waals surface area contributed by atoms with Gasteiger partial charge in [-0.1, -0.05) is 160 Å². The molecule has 0 saturated carbocycles. The van der Waals surface area contributed by atoms with E-state index in [1.807, 2.05) is 24.3 Å². The molecule has 0 bridgehead atoms. The molecule has 46 heavy (non-hydrogen) atoms. The van der Waals surface area contributed by atoms with Crippen molar-refractivity contribution in [3.05, 3.63) is 182 Å². The molecular weight excluding hydrogens is 553 g/mol. The predicted octanol–water partition coefficient (Wildman–Crippen LogP) is 13.2. The highest BCUT2D eigenvalue weighted by Gasteiger charge is 2.22. The van der Waals surface area contributed by atoms with Crippen LogP contribution in [-0.2, 0) is 0 Å². The van der Waals surface area contributed by atoms with Crippen molar-refractivity contribution in [2.45, 2.75) is 0 Å². The van der Waals surface area contributed by atoms with Crippen LogP contribution in [0.25, 0.3) is 90.4 Å². The molecule has 0 N–H and O–H groups in total. The Morgan fingerprint density at radius 1 is 0.326 bits per heavy atom. The van der Waals surface area contributed by atoms with Crippen LogP contribution in [-0.4, -0.2) is 0 Å². The maximum atomic E-state index is 4.37. The molecule has 7 rings (SSSR count). The molecule has 0 spiro atoms. The molecule has 0 amide bonds.